The van der Waals surface area contributed by atoms with Crippen molar-refractivity contribution in [1.82, 2.24) is 9.38 Å². The number of hydrogen-bond acceptors (Lipinski definition) is 2. The first-order valence-corrected chi connectivity index (χ1v) is 4.50. The van der Waals surface area contributed by atoms with Gasteiger partial charge in [-0.05, 0) is 25.0 Å². The molecule has 0 unspecified atom stereocenters. The van der Waals surface area contributed by atoms with Crippen LogP contribution < -0.4 is 0 Å². The average molecular weight is 174 g/mol. The van der Waals surface area contributed by atoms with E-state index in [0.29, 0.717) is 11.7 Å². The number of hydrogen-bond donors (Lipinski definition) is 1. The number of aromatic nitrogens is 2. The zero-order valence-electron chi connectivity index (χ0n) is 7.14. The molecule has 0 aromatic carbocycles. The lowest BCUT2D eigenvalue weighted by molar-refractivity contribution is 0.471. The Kier molecular flexibility index (Phi) is 1.20. The van der Waals surface area contributed by atoms with Crippen molar-refractivity contribution in [3.05, 3.63) is 30.4 Å². The fraction of sp³-hybridized carbons (Fsp3) is 0.300. The first kappa shape index (κ1) is 6.95. The predicted octanol–water partition coefficient (Wildman–Crippen LogP) is 1.92. The Morgan fingerprint density at radius 3 is 3.00 bits per heavy atom. The molecular formula is C10H10N2O. The topological polar surface area (TPSA) is 37.5 Å². The maximum absolute atomic E-state index is 9.33. The summed E-state index contributed by atoms with van der Waals surface area (Å²) in [7, 11) is 0. The number of imidazole rings is 1. The summed E-state index contributed by atoms with van der Waals surface area (Å²) in [6.07, 6.45) is 6.05. The monoisotopic (exact) mass is 174 g/mol. The van der Waals surface area contributed by atoms with E-state index in [2.05, 4.69) is 4.98 Å². The van der Waals surface area contributed by atoms with E-state index >= 15 is 0 Å². The molecule has 66 valence electrons. The zero-order chi connectivity index (χ0) is 8.84. The van der Waals surface area contributed by atoms with E-state index in [1.807, 2.05) is 16.7 Å². The average Bonchev–Trinajstić information content (AvgIpc) is 2.87. The molecule has 3 heteroatoms. The van der Waals surface area contributed by atoms with Crippen molar-refractivity contribution in [2.75, 3.05) is 0 Å². The van der Waals surface area contributed by atoms with Crippen molar-refractivity contribution in [3.8, 4) is 5.75 Å². The molecular weight excluding hydrogens is 164 g/mol. The Balaban J connectivity index is 2.29. The first-order chi connectivity index (χ1) is 6.34. The number of aromatic hydroxyl groups is 1. The van der Waals surface area contributed by atoms with Crippen molar-refractivity contribution in [2.24, 2.45) is 0 Å². The van der Waals surface area contributed by atoms with Crippen molar-refractivity contribution in [2.45, 2.75) is 18.8 Å². The molecule has 2 heterocycles. The van der Waals surface area contributed by atoms with Crippen LogP contribution in [0.1, 0.15) is 24.6 Å². The van der Waals surface area contributed by atoms with Gasteiger partial charge in [-0.2, -0.15) is 0 Å². The van der Waals surface area contributed by atoms with Gasteiger partial charge in [-0.3, -0.25) is 4.40 Å². The third kappa shape index (κ3) is 1.00. The Morgan fingerprint density at radius 2 is 2.23 bits per heavy atom. The molecule has 0 saturated heterocycles. The normalized spacial score (nSPS) is 16.6. The zero-order valence-corrected chi connectivity index (χ0v) is 7.14. The van der Waals surface area contributed by atoms with Crippen LogP contribution in [0.5, 0.6) is 5.75 Å². The van der Waals surface area contributed by atoms with Gasteiger partial charge in [0.05, 0.1) is 17.9 Å². The van der Waals surface area contributed by atoms with Gasteiger partial charge in [-0.1, -0.05) is 0 Å². The van der Waals surface area contributed by atoms with Crippen LogP contribution >= 0.6 is 0 Å². The largest absolute Gasteiger partial charge is 0.506 e. The second-order valence-electron chi connectivity index (χ2n) is 3.57. The molecule has 0 atom stereocenters. The van der Waals surface area contributed by atoms with Gasteiger partial charge in [-0.25, -0.2) is 4.98 Å². The van der Waals surface area contributed by atoms with E-state index in [4.69, 9.17) is 0 Å². The Morgan fingerprint density at radius 1 is 1.38 bits per heavy atom. The molecule has 3 rings (SSSR count). The number of rotatable bonds is 1. The molecule has 3 nitrogen and oxygen atoms in total. The molecule has 2 aromatic rings. The lowest BCUT2D eigenvalue weighted by Crippen LogP contribution is -1.90. The molecule has 0 radical (unpaired) electrons. The molecule has 2 aromatic heterocycles. The van der Waals surface area contributed by atoms with Crippen molar-refractivity contribution >= 4 is 5.52 Å². The van der Waals surface area contributed by atoms with Gasteiger partial charge in [0.25, 0.3) is 0 Å². The van der Waals surface area contributed by atoms with Crippen LogP contribution in [0.4, 0.5) is 0 Å². The fourth-order valence-corrected chi connectivity index (χ4v) is 1.64. The van der Waals surface area contributed by atoms with Crippen LogP contribution in [0.3, 0.4) is 0 Å². The van der Waals surface area contributed by atoms with Crippen LogP contribution in [0.2, 0.25) is 0 Å². The van der Waals surface area contributed by atoms with Crippen molar-refractivity contribution in [1.29, 1.82) is 0 Å². The second kappa shape index (κ2) is 2.25. The van der Waals surface area contributed by atoms with Gasteiger partial charge in [0.15, 0.2) is 0 Å². The molecule has 0 amide bonds. The summed E-state index contributed by atoms with van der Waals surface area (Å²) < 4.78 is 1.98. The van der Waals surface area contributed by atoms with E-state index in [1.54, 1.807) is 12.3 Å². The minimum atomic E-state index is 0.299. The van der Waals surface area contributed by atoms with Crippen LogP contribution in [0.25, 0.3) is 5.52 Å². The number of pyridine rings is 1. The van der Waals surface area contributed by atoms with Crippen LogP contribution in [-0.4, -0.2) is 14.5 Å². The van der Waals surface area contributed by atoms with Gasteiger partial charge < -0.3 is 5.11 Å². The summed E-state index contributed by atoms with van der Waals surface area (Å²) in [4.78, 5) is 4.35. The van der Waals surface area contributed by atoms with Crippen LogP contribution in [0.15, 0.2) is 24.5 Å². The highest BCUT2D eigenvalue weighted by Gasteiger charge is 2.27. The highest BCUT2D eigenvalue weighted by molar-refractivity contribution is 5.48. The van der Waals surface area contributed by atoms with Gasteiger partial charge in [0.2, 0.25) is 0 Å². The molecule has 1 saturated carbocycles. The lowest BCUT2D eigenvalue weighted by atomic mass is 10.3. The summed E-state index contributed by atoms with van der Waals surface area (Å²) in [5, 5.41) is 9.33. The summed E-state index contributed by atoms with van der Waals surface area (Å²) in [5.74, 6) is 2.00. The Hall–Kier alpha value is -1.51. The third-order valence-corrected chi connectivity index (χ3v) is 2.48. The summed E-state index contributed by atoms with van der Waals surface area (Å²) >= 11 is 0. The standard InChI is InChI=1S/C10H10N2O/c13-9-4-3-8-5-11-10(7-1-2-7)12(8)6-9/h3-7,13H,1-2H2. The summed E-state index contributed by atoms with van der Waals surface area (Å²) in [6, 6.07) is 3.57. The summed E-state index contributed by atoms with van der Waals surface area (Å²) in [5.41, 5.74) is 1.06. The molecule has 1 fully saturated rings. The van der Waals surface area contributed by atoms with Crippen molar-refractivity contribution in [3.63, 3.8) is 0 Å². The number of fused-ring (bicyclic) bond motifs is 1. The van der Waals surface area contributed by atoms with Crippen LogP contribution in [0, 0.1) is 0 Å². The van der Waals surface area contributed by atoms with Gasteiger partial charge in [0, 0.05) is 5.92 Å². The SMILES string of the molecule is Oc1ccc2cnc(C3CC3)n2c1. The Labute approximate surface area is 75.7 Å². The smallest absolute Gasteiger partial charge is 0.132 e. The van der Waals surface area contributed by atoms with Crippen molar-refractivity contribution < 1.29 is 5.11 Å². The fourth-order valence-electron chi connectivity index (χ4n) is 1.64. The van der Waals surface area contributed by atoms with Gasteiger partial charge >= 0.3 is 0 Å². The van der Waals surface area contributed by atoms with E-state index in [0.717, 1.165) is 11.3 Å². The lowest BCUT2D eigenvalue weighted by Gasteiger charge is -1.99. The van der Waals surface area contributed by atoms with Gasteiger partial charge in [-0.15, -0.1) is 0 Å². The van der Waals surface area contributed by atoms with E-state index in [9.17, 15) is 5.11 Å². The quantitative estimate of drug-likeness (QED) is 0.717. The molecule has 1 aliphatic carbocycles. The molecule has 0 bridgehead atoms. The van der Waals surface area contributed by atoms with E-state index in [1.165, 1.54) is 12.8 Å². The number of nitrogens with zero attached hydrogens (tertiary/aromatic N) is 2. The van der Waals surface area contributed by atoms with Crippen LogP contribution in [-0.2, 0) is 0 Å². The maximum Gasteiger partial charge on any atom is 0.132 e. The highest BCUT2D eigenvalue weighted by Crippen LogP contribution is 2.39. The highest BCUT2D eigenvalue weighted by atomic mass is 16.3. The second-order valence-corrected chi connectivity index (χ2v) is 3.57. The third-order valence-electron chi connectivity index (χ3n) is 2.48. The molecule has 1 aliphatic rings. The van der Waals surface area contributed by atoms with Gasteiger partial charge in [0.1, 0.15) is 11.6 Å². The molecule has 1 N–H and O–H groups in total. The minimum Gasteiger partial charge on any atom is -0.506 e. The van der Waals surface area contributed by atoms with E-state index < -0.39 is 0 Å². The first-order valence-electron chi connectivity index (χ1n) is 4.50. The predicted molar refractivity (Wildman–Crippen MR) is 48.8 cm³/mol. The van der Waals surface area contributed by atoms with E-state index in [-0.39, 0.29) is 0 Å². The minimum absolute atomic E-state index is 0.299. The maximum atomic E-state index is 9.33. The molecule has 0 aliphatic heterocycles. The summed E-state index contributed by atoms with van der Waals surface area (Å²) in [6.45, 7) is 0. The molecule has 13 heavy (non-hydrogen) atoms. The molecule has 0 spiro atoms. The Bertz CT molecular complexity index is 457.